The average molecular weight is 356 g/mol. The van der Waals surface area contributed by atoms with Gasteiger partial charge in [0.1, 0.15) is 5.69 Å². The van der Waals surface area contributed by atoms with E-state index in [1.807, 2.05) is 10.6 Å². The van der Waals surface area contributed by atoms with Crippen LogP contribution in [0.3, 0.4) is 0 Å². The number of carbonyl (C=O) groups is 2. The molecular formula is C17H16N4O3S. The standard InChI is InChI=1S/C17H16N4O3S/c1-4-9-21-12-6-5-11(16(23)24-3)10-14(12)25-17(21)19-15(22)13-7-8-18-20(13)2/h4-8,10H,1,9H2,2-3H3. The predicted molar refractivity (Wildman–Crippen MR) is 94.5 cm³/mol. The molecular weight excluding hydrogens is 340 g/mol. The van der Waals surface area contributed by atoms with Crippen LogP contribution in [0.4, 0.5) is 0 Å². The lowest BCUT2D eigenvalue weighted by Gasteiger charge is -2.02. The highest BCUT2D eigenvalue weighted by atomic mass is 32.1. The van der Waals surface area contributed by atoms with Gasteiger partial charge in [-0.15, -0.1) is 6.58 Å². The molecule has 0 fully saturated rings. The number of rotatable bonds is 4. The highest BCUT2D eigenvalue weighted by molar-refractivity contribution is 7.16. The van der Waals surface area contributed by atoms with Crippen molar-refractivity contribution in [2.75, 3.05) is 7.11 Å². The van der Waals surface area contributed by atoms with Crippen molar-refractivity contribution in [3.05, 3.63) is 59.2 Å². The number of hydrogen-bond acceptors (Lipinski definition) is 5. The van der Waals surface area contributed by atoms with Crippen LogP contribution in [-0.4, -0.2) is 33.3 Å². The maximum absolute atomic E-state index is 12.4. The van der Waals surface area contributed by atoms with Crippen LogP contribution in [0.15, 0.2) is 48.1 Å². The van der Waals surface area contributed by atoms with E-state index in [1.54, 1.807) is 37.5 Å². The Morgan fingerprint density at radius 2 is 2.20 bits per heavy atom. The van der Waals surface area contributed by atoms with Gasteiger partial charge in [0.25, 0.3) is 5.91 Å². The van der Waals surface area contributed by atoms with Crippen LogP contribution in [0.1, 0.15) is 20.8 Å². The molecule has 3 rings (SSSR count). The maximum Gasteiger partial charge on any atom is 0.337 e. The van der Waals surface area contributed by atoms with Gasteiger partial charge in [0.15, 0.2) is 4.80 Å². The first-order chi connectivity index (χ1) is 12.0. The molecule has 0 aliphatic rings. The summed E-state index contributed by atoms with van der Waals surface area (Å²) in [6.07, 6.45) is 3.28. The number of thiazole rings is 1. The van der Waals surface area contributed by atoms with Crippen LogP contribution in [0.25, 0.3) is 10.2 Å². The number of aryl methyl sites for hydroxylation is 1. The average Bonchev–Trinajstić information content (AvgIpc) is 3.18. The summed E-state index contributed by atoms with van der Waals surface area (Å²) in [5, 5.41) is 3.99. The van der Waals surface area contributed by atoms with E-state index in [-0.39, 0.29) is 5.91 Å². The number of amides is 1. The number of ether oxygens (including phenoxy) is 1. The second kappa shape index (κ2) is 6.86. The van der Waals surface area contributed by atoms with Gasteiger partial charge in [0, 0.05) is 19.8 Å². The van der Waals surface area contributed by atoms with Gasteiger partial charge in [-0.2, -0.15) is 10.1 Å². The molecule has 0 aliphatic heterocycles. The summed E-state index contributed by atoms with van der Waals surface area (Å²) in [5.74, 6) is -0.785. The molecule has 1 amide bonds. The van der Waals surface area contributed by atoms with Crippen LogP contribution in [0.5, 0.6) is 0 Å². The Morgan fingerprint density at radius 1 is 1.40 bits per heavy atom. The molecule has 0 radical (unpaired) electrons. The van der Waals surface area contributed by atoms with Crippen molar-refractivity contribution in [2.45, 2.75) is 6.54 Å². The molecule has 0 bridgehead atoms. The lowest BCUT2D eigenvalue weighted by Crippen LogP contribution is -2.17. The Balaban J connectivity index is 2.16. The summed E-state index contributed by atoms with van der Waals surface area (Å²) < 4.78 is 8.94. The molecule has 0 atom stereocenters. The lowest BCUT2D eigenvalue weighted by molar-refractivity contribution is 0.0601. The number of carbonyl (C=O) groups excluding carboxylic acids is 2. The fourth-order valence-corrected chi connectivity index (χ4v) is 3.51. The Labute approximate surface area is 147 Å². The Hall–Kier alpha value is -3.00. The summed E-state index contributed by atoms with van der Waals surface area (Å²) in [4.78, 5) is 28.9. The summed E-state index contributed by atoms with van der Waals surface area (Å²) in [7, 11) is 3.03. The van der Waals surface area contributed by atoms with Crippen LogP contribution >= 0.6 is 11.3 Å². The van der Waals surface area contributed by atoms with E-state index in [9.17, 15) is 9.59 Å². The van der Waals surface area contributed by atoms with E-state index >= 15 is 0 Å². The zero-order valence-electron chi connectivity index (χ0n) is 13.8. The number of allylic oxidation sites excluding steroid dienone is 1. The van der Waals surface area contributed by atoms with E-state index in [4.69, 9.17) is 4.74 Å². The fraction of sp³-hybridized carbons (Fsp3) is 0.176. The topological polar surface area (TPSA) is 78.5 Å². The second-order valence-electron chi connectivity index (χ2n) is 5.22. The van der Waals surface area contributed by atoms with Gasteiger partial charge < -0.3 is 9.30 Å². The molecule has 0 saturated carbocycles. The Morgan fingerprint density at radius 3 is 2.84 bits per heavy atom. The van der Waals surface area contributed by atoms with Gasteiger partial charge in [-0.3, -0.25) is 9.48 Å². The van der Waals surface area contributed by atoms with Crippen molar-refractivity contribution < 1.29 is 14.3 Å². The highest BCUT2D eigenvalue weighted by Gasteiger charge is 2.13. The van der Waals surface area contributed by atoms with Gasteiger partial charge in [-0.25, -0.2) is 4.79 Å². The first kappa shape index (κ1) is 16.8. The quantitative estimate of drug-likeness (QED) is 0.530. The molecule has 7 nitrogen and oxygen atoms in total. The summed E-state index contributed by atoms with van der Waals surface area (Å²) in [5.41, 5.74) is 1.72. The predicted octanol–water partition coefficient (Wildman–Crippen LogP) is 2.15. The van der Waals surface area contributed by atoms with Crippen molar-refractivity contribution in [1.82, 2.24) is 14.3 Å². The summed E-state index contributed by atoms with van der Waals surface area (Å²) in [6, 6.07) is 6.85. The van der Waals surface area contributed by atoms with E-state index in [1.165, 1.54) is 23.1 Å². The SMILES string of the molecule is C=CCn1c(=NC(=O)c2ccnn2C)sc2cc(C(=O)OC)ccc21. The summed E-state index contributed by atoms with van der Waals surface area (Å²) >= 11 is 1.33. The van der Waals surface area contributed by atoms with Crippen LogP contribution < -0.4 is 4.80 Å². The molecule has 3 aromatic rings. The first-order valence-corrected chi connectivity index (χ1v) is 8.26. The van der Waals surface area contributed by atoms with E-state index < -0.39 is 5.97 Å². The maximum atomic E-state index is 12.4. The van der Waals surface area contributed by atoms with Gasteiger partial charge >= 0.3 is 5.97 Å². The molecule has 0 saturated heterocycles. The number of esters is 1. The molecule has 0 spiro atoms. The van der Waals surface area contributed by atoms with E-state index in [0.717, 1.165) is 10.2 Å². The fourth-order valence-electron chi connectivity index (χ4n) is 2.44. The molecule has 0 unspecified atom stereocenters. The van der Waals surface area contributed by atoms with Crippen molar-refractivity contribution in [3.63, 3.8) is 0 Å². The molecule has 25 heavy (non-hydrogen) atoms. The minimum Gasteiger partial charge on any atom is -0.465 e. The number of fused-ring (bicyclic) bond motifs is 1. The zero-order valence-corrected chi connectivity index (χ0v) is 14.6. The number of nitrogens with zero attached hydrogens (tertiary/aromatic N) is 4. The third-order valence-corrected chi connectivity index (χ3v) is 4.69. The van der Waals surface area contributed by atoms with Gasteiger partial charge in [0.2, 0.25) is 0 Å². The van der Waals surface area contributed by atoms with Crippen molar-refractivity contribution in [3.8, 4) is 0 Å². The monoisotopic (exact) mass is 356 g/mol. The van der Waals surface area contributed by atoms with Gasteiger partial charge in [-0.1, -0.05) is 17.4 Å². The minimum atomic E-state index is -0.407. The normalized spacial score (nSPS) is 11.7. The van der Waals surface area contributed by atoms with E-state index in [2.05, 4.69) is 16.7 Å². The number of aromatic nitrogens is 3. The van der Waals surface area contributed by atoms with Crippen molar-refractivity contribution in [1.29, 1.82) is 0 Å². The molecule has 2 aromatic heterocycles. The molecule has 1 aromatic carbocycles. The minimum absolute atomic E-state index is 0.377. The smallest absolute Gasteiger partial charge is 0.337 e. The van der Waals surface area contributed by atoms with Crippen LogP contribution in [0, 0.1) is 0 Å². The number of methoxy groups -OCH3 is 1. The van der Waals surface area contributed by atoms with Crippen LogP contribution in [-0.2, 0) is 18.3 Å². The molecule has 128 valence electrons. The van der Waals surface area contributed by atoms with Gasteiger partial charge in [0.05, 0.1) is 22.9 Å². The molecule has 0 N–H and O–H groups in total. The Kier molecular flexibility index (Phi) is 4.62. The third-order valence-electron chi connectivity index (χ3n) is 3.65. The van der Waals surface area contributed by atoms with Crippen molar-refractivity contribution >= 4 is 33.4 Å². The zero-order chi connectivity index (χ0) is 18.0. The summed E-state index contributed by atoms with van der Waals surface area (Å²) in [6.45, 7) is 4.25. The number of hydrogen-bond donors (Lipinski definition) is 0. The molecule has 8 heteroatoms. The third kappa shape index (κ3) is 3.16. The second-order valence-corrected chi connectivity index (χ2v) is 6.22. The highest BCUT2D eigenvalue weighted by Crippen LogP contribution is 2.20. The molecule has 0 aliphatic carbocycles. The number of benzene rings is 1. The molecule has 2 heterocycles. The largest absolute Gasteiger partial charge is 0.465 e. The first-order valence-electron chi connectivity index (χ1n) is 7.45. The lowest BCUT2D eigenvalue weighted by atomic mass is 10.2. The van der Waals surface area contributed by atoms with Crippen molar-refractivity contribution in [2.24, 2.45) is 12.0 Å². The van der Waals surface area contributed by atoms with Crippen LogP contribution in [0.2, 0.25) is 0 Å². The Bertz CT molecular complexity index is 1040. The van der Waals surface area contributed by atoms with Gasteiger partial charge in [-0.05, 0) is 24.3 Å². The van der Waals surface area contributed by atoms with E-state index in [0.29, 0.717) is 22.6 Å².